The number of imidazole rings is 1. The molecule has 0 aliphatic carbocycles. The number of rotatable bonds is 5. The molecule has 140 valence electrons. The summed E-state index contributed by atoms with van der Waals surface area (Å²) in [4.78, 5) is 7.73. The minimum Gasteiger partial charge on any atom is -1.00 e. The van der Waals surface area contributed by atoms with Crippen LogP contribution in [0.25, 0.3) is 22.7 Å². The number of aromatic amines is 1. The first-order valence-electron chi connectivity index (χ1n) is 8.43. The highest BCUT2D eigenvalue weighted by Crippen LogP contribution is 2.30. The maximum Gasteiger partial charge on any atom is 0.161 e. The van der Waals surface area contributed by atoms with Crippen molar-refractivity contribution >= 4 is 22.7 Å². The standard InChI is InChI=1S/C21H21N3O2.ClH/c1-13(2)26-19-8-6-15(11-20(19)25-4)10-16(12-22)21-23-17-7-5-14(3)9-18(17)24-21;/h5-11,13H,1-4H3,(H,23,24);1H/p-1/b16-10+;. The molecular formula is C21H21ClN3O2-. The van der Waals surface area contributed by atoms with Crippen LogP contribution in [0.1, 0.15) is 30.8 Å². The summed E-state index contributed by atoms with van der Waals surface area (Å²) in [5.74, 6) is 1.86. The summed E-state index contributed by atoms with van der Waals surface area (Å²) in [7, 11) is 1.60. The van der Waals surface area contributed by atoms with Crippen LogP contribution in [0.15, 0.2) is 36.4 Å². The fourth-order valence-electron chi connectivity index (χ4n) is 2.70. The number of ether oxygens (including phenoxy) is 2. The molecule has 0 radical (unpaired) electrons. The van der Waals surface area contributed by atoms with Gasteiger partial charge in [0.1, 0.15) is 11.9 Å². The largest absolute Gasteiger partial charge is 1.00 e. The molecule has 0 saturated carbocycles. The normalized spacial score (nSPS) is 11.2. The molecule has 0 atom stereocenters. The number of allylic oxidation sites excluding steroid dienone is 1. The highest BCUT2D eigenvalue weighted by atomic mass is 35.5. The van der Waals surface area contributed by atoms with Crippen molar-refractivity contribution in [2.45, 2.75) is 26.9 Å². The van der Waals surface area contributed by atoms with Gasteiger partial charge in [0.15, 0.2) is 11.5 Å². The Morgan fingerprint density at radius 1 is 1.19 bits per heavy atom. The number of halogens is 1. The Balaban J connectivity index is 0.00000261. The molecule has 1 aromatic heterocycles. The first kappa shape index (κ1) is 20.3. The molecule has 0 unspecified atom stereocenters. The Labute approximate surface area is 165 Å². The minimum absolute atomic E-state index is 0. The van der Waals surface area contributed by atoms with Gasteiger partial charge in [0.25, 0.3) is 0 Å². The number of methoxy groups -OCH3 is 1. The molecule has 0 amide bonds. The maximum absolute atomic E-state index is 9.59. The van der Waals surface area contributed by atoms with E-state index in [1.807, 2.05) is 57.2 Å². The van der Waals surface area contributed by atoms with Crippen molar-refractivity contribution in [1.82, 2.24) is 9.97 Å². The van der Waals surface area contributed by atoms with Crippen molar-refractivity contribution in [2.24, 2.45) is 0 Å². The van der Waals surface area contributed by atoms with Gasteiger partial charge in [-0.05, 0) is 62.2 Å². The first-order valence-corrected chi connectivity index (χ1v) is 8.43. The van der Waals surface area contributed by atoms with Crippen LogP contribution in [-0.4, -0.2) is 23.2 Å². The predicted molar refractivity (Wildman–Crippen MR) is 103 cm³/mol. The van der Waals surface area contributed by atoms with Crippen molar-refractivity contribution < 1.29 is 21.9 Å². The third-order valence-electron chi connectivity index (χ3n) is 3.87. The molecule has 0 aliphatic heterocycles. The average molecular weight is 383 g/mol. The fraction of sp³-hybridized carbons (Fsp3) is 0.238. The zero-order valence-corrected chi connectivity index (χ0v) is 16.5. The van der Waals surface area contributed by atoms with Crippen LogP contribution in [0.2, 0.25) is 0 Å². The first-order chi connectivity index (χ1) is 12.5. The highest BCUT2D eigenvalue weighted by Gasteiger charge is 2.10. The zero-order valence-electron chi connectivity index (χ0n) is 15.7. The van der Waals surface area contributed by atoms with Gasteiger partial charge in [-0.2, -0.15) is 5.26 Å². The second-order valence-corrected chi connectivity index (χ2v) is 6.35. The molecule has 27 heavy (non-hydrogen) atoms. The highest BCUT2D eigenvalue weighted by molar-refractivity contribution is 5.90. The number of nitriles is 1. The molecule has 0 bridgehead atoms. The monoisotopic (exact) mass is 382 g/mol. The Hall–Kier alpha value is -2.97. The molecule has 6 heteroatoms. The van der Waals surface area contributed by atoms with Crippen molar-refractivity contribution in [3.8, 4) is 17.6 Å². The van der Waals surface area contributed by atoms with Gasteiger partial charge in [-0.25, -0.2) is 4.98 Å². The molecular weight excluding hydrogens is 362 g/mol. The van der Waals surface area contributed by atoms with E-state index in [0.29, 0.717) is 22.9 Å². The number of nitrogens with one attached hydrogen (secondary N) is 1. The Bertz CT molecular complexity index is 1020. The molecule has 5 nitrogen and oxygen atoms in total. The number of fused-ring (bicyclic) bond motifs is 1. The third-order valence-corrected chi connectivity index (χ3v) is 3.87. The maximum atomic E-state index is 9.59. The van der Waals surface area contributed by atoms with Gasteiger partial charge < -0.3 is 26.9 Å². The smallest absolute Gasteiger partial charge is 0.161 e. The number of benzene rings is 2. The van der Waals surface area contributed by atoms with E-state index in [2.05, 4.69) is 16.0 Å². The average Bonchev–Trinajstić information content (AvgIpc) is 3.03. The van der Waals surface area contributed by atoms with Crippen molar-refractivity contribution in [2.75, 3.05) is 7.11 Å². The van der Waals surface area contributed by atoms with E-state index in [1.165, 1.54) is 0 Å². The van der Waals surface area contributed by atoms with Crippen LogP contribution < -0.4 is 21.9 Å². The summed E-state index contributed by atoms with van der Waals surface area (Å²) in [5.41, 5.74) is 4.19. The van der Waals surface area contributed by atoms with Crippen LogP contribution in [0.4, 0.5) is 0 Å². The molecule has 0 spiro atoms. The van der Waals surface area contributed by atoms with Crippen LogP contribution in [0.5, 0.6) is 11.5 Å². The molecule has 3 aromatic rings. The Morgan fingerprint density at radius 2 is 1.96 bits per heavy atom. The third kappa shape index (κ3) is 4.60. The topological polar surface area (TPSA) is 70.9 Å². The van der Waals surface area contributed by atoms with Crippen LogP contribution in [0, 0.1) is 18.3 Å². The Kier molecular flexibility index (Phi) is 6.49. The lowest BCUT2D eigenvalue weighted by Crippen LogP contribution is -3.00. The van der Waals surface area contributed by atoms with E-state index in [9.17, 15) is 5.26 Å². The minimum atomic E-state index is 0. The van der Waals surface area contributed by atoms with Gasteiger partial charge in [0, 0.05) is 0 Å². The molecule has 1 N–H and O–H groups in total. The van der Waals surface area contributed by atoms with E-state index >= 15 is 0 Å². The van der Waals surface area contributed by atoms with Gasteiger partial charge in [0.2, 0.25) is 0 Å². The number of aryl methyl sites for hydroxylation is 1. The number of hydrogen-bond donors (Lipinski definition) is 1. The molecule has 0 saturated heterocycles. The molecule has 1 heterocycles. The van der Waals surface area contributed by atoms with Crippen LogP contribution in [-0.2, 0) is 0 Å². The van der Waals surface area contributed by atoms with E-state index in [4.69, 9.17) is 9.47 Å². The van der Waals surface area contributed by atoms with E-state index < -0.39 is 0 Å². The van der Waals surface area contributed by atoms with Gasteiger partial charge in [-0.1, -0.05) is 12.1 Å². The second kappa shape index (κ2) is 8.61. The lowest BCUT2D eigenvalue weighted by molar-refractivity contribution is -0.00000705. The number of nitrogens with zero attached hydrogens (tertiary/aromatic N) is 2. The number of aromatic nitrogens is 2. The van der Waals surface area contributed by atoms with E-state index in [1.54, 1.807) is 13.2 Å². The summed E-state index contributed by atoms with van der Waals surface area (Å²) in [5, 5.41) is 9.59. The summed E-state index contributed by atoms with van der Waals surface area (Å²) in [6.07, 6.45) is 1.84. The number of hydrogen-bond acceptors (Lipinski definition) is 4. The molecule has 2 aromatic carbocycles. The molecule has 0 fully saturated rings. The SMILES string of the molecule is COc1cc(/C=C(\C#N)c2nc3ccc(C)cc3[nH]2)ccc1OC(C)C.[Cl-]. The zero-order chi connectivity index (χ0) is 18.7. The lowest BCUT2D eigenvalue weighted by atomic mass is 10.1. The Morgan fingerprint density at radius 3 is 2.63 bits per heavy atom. The lowest BCUT2D eigenvalue weighted by Gasteiger charge is -2.13. The summed E-state index contributed by atoms with van der Waals surface area (Å²) in [6, 6.07) is 13.8. The molecule has 0 aliphatic rings. The second-order valence-electron chi connectivity index (χ2n) is 6.35. The van der Waals surface area contributed by atoms with Gasteiger partial charge in [-0.15, -0.1) is 0 Å². The van der Waals surface area contributed by atoms with Crippen molar-refractivity contribution in [3.05, 3.63) is 53.3 Å². The fourth-order valence-corrected chi connectivity index (χ4v) is 2.70. The van der Waals surface area contributed by atoms with Gasteiger partial charge in [0.05, 0.1) is 29.8 Å². The van der Waals surface area contributed by atoms with Gasteiger partial charge in [-0.3, -0.25) is 0 Å². The summed E-state index contributed by atoms with van der Waals surface area (Å²) in [6.45, 7) is 5.95. The van der Waals surface area contributed by atoms with E-state index in [0.717, 1.165) is 22.2 Å². The van der Waals surface area contributed by atoms with E-state index in [-0.39, 0.29) is 18.5 Å². The van der Waals surface area contributed by atoms with Crippen LogP contribution >= 0.6 is 0 Å². The predicted octanol–water partition coefficient (Wildman–Crippen LogP) is 1.74. The summed E-state index contributed by atoms with van der Waals surface area (Å²) >= 11 is 0. The van der Waals surface area contributed by atoms with Crippen molar-refractivity contribution in [1.29, 1.82) is 5.26 Å². The van der Waals surface area contributed by atoms with Gasteiger partial charge >= 0.3 is 0 Å². The number of H-pyrrole nitrogens is 1. The summed E-state index contributed by atoms with van der Waals surface area (Å²) < 4.78 is 11.1. The quantitative estimate of drug-likeness (QED) is 0.682. The molecule has 3 rings (SSSR count). The van der Waals surface area contributed by atoms with Crippen molar-refractivity contribution in [3.63, 3.8) is 0 Å². The van der Waals surface area contributed by atoms with Crippen LogP contribution in [0.3, 0.4) is 0 Å².